The lowest BCUT2D eigenvalue weighted by Gasteiger charge is -2.09. The summed E-state index contributed by atoms with van der Waals surface area (Å²) in [6, 6.07) is 23.2. The van der Waals surface area contributed by atoms with Crippen LogP contribution in [-0.4, -0.2) is 25.6 Å². The molecule has 6 heteroatoms. The topological polar surface area (TPSA) is 88.4 Å². The predicted octanol–water partition coefficient (Wildman–Crippen LogP) is 4.03. The van der Waals surface area contributed by atoms with E-state index in [4.69, 9.17) is 10.00 Å². The monoisotopic (exact) mass is 386 g/mol. The average Bonchev–Trinajstić information content (AvgIpc) is 2.77. The van der Waals surface area contributed by atoms with Gasteiger partial charge in [0.05, 0.1) is 24.3 Å². The normalized spacial score (nSPS) is 9.93. The van der Waals surface area contributed by atoms with Gasteiger partial charge in [0.1, 0.15) is 5.75 Å². The zero-order valence-electron chi connectivity index (χ0n) is 15.7. The van der Waals surface area contributed by atoms with Crippen molar-refractivity contribution >= 4 is 17.6 Å². The number of hydrogen-bond acceptors (Lipinski definition) is 5. The Morgan fingerprint density at radius 3 is 2.24 bits per heavy atom. The van der Waals surface area contributed by atoms with E-state index < -0.39 is 5.97 Å². The zero-order valence-corrected chi connectivity index (χ0v) is 15.7. The minimum absolute atomic E-state index is 0.168. The van der Waals surface area contributed by atoms with Crippen LogP contribution in [0.25, 0.3) is 11.1 Å². The number of anilines is 1. The molecule has 0 radical (unpaired) electrons. The molecule has 0 unspecified atom stereocenters. The molecule has 0 atom stereocenters. The number of hydrogen-bond donors (Lipinski definition) is 1. The zero-order chi connectivity index (χ0) is 20.6. The molecule has 0 spiro atoms. The van der Waals surface area contributed by atoms with Gasteiger partial charge in [-0.25, -0.2) is 4.79 Å². The van der Waals surface area contributed by atoms with Crippen LogP contribution >= 0.6 is 0 Å². The molecule has 0 aliphatic heterocycles. The van der Waals surface area contributed by atoms with E-state index in [9.17, 15) is 9.59 Å². The van der Waals surface area contributed by atoms with Crippen LogP contribution in [0.15, 0.2) is 72.8 Å². The van der Waals surface area contributed by atoms with E-state index in [2.05, 4.69) is 16.1 Å². The fraction of sp³-hybridized carbons (Fsp3) is 0.0870. The Labute approximate surface area is 168 Å². The first-order chi connectivity index (χ1) is 14.1. The van der Waals surface area contributed by atoms with E-state index in [1.165, 1.54) is 13.2 Å². The van der Waals surface area contributed by atoms with Gasteiger partial charge >= 0.3 is 5.97 Å². The minimum Gasteiger partial charge on any atom is -0.484 e. The third-order valence-electron chi connectivity index (χ3n) is 4.14. The van der Waals surface area contributed by atoms with Crippen LogP contribution in [0.2, 0.25) is 0 Å². The molecule has 0 aromatic heterocycles. The molecular formula is C23H18N2O4. The molecule has 1 N–H and O–H groups in total. The second-order valence-electron chi connectivity index (χ2n) is 6.12. The number of benzene rings is 3. The summed E-state index contributed by atoms with van der Waals surface area (Å²) in [7, 11) is 1.30. The first kappa shape index (κ1) is 19.6. The molecule has 6 nitrogen and oxygen atoms in total. The first-order valence-corrected chi connectivity index (χ1v) is 8.80. The van der Waals surface area contributed by atoms with Gasteiger partial charge in [0.15, 0.2) is 6.61 Å². The molecule has 1 amide bonds. The Morgan fingerprint density at radius 2 is 1.62 bits per heavy atom. The van der Waals surface area contributed by atoms with E-state index in [-0.39, 0.29) is 12.5 Å². The summed E-state index contributed by atoms with van der Waals surface area (Å²) in [5, 5.41) is 11.5. The molecule has 0 aliphatic rings. The number of carbonyl (C=O) groups is 2. The Morgan fingerprint density at radius 1 is 0.966 bits per heavy atom. The molecule has 0 saturated carbocycles. The molecule has 3 aromatic carbocycles. The number of carbonyl (C=O) groups excluding carboxylic acids is 2. The molecule has 3 aromatic rings. The van der Waals surface area contributed by atoms with Crippen molar-refractivity contribution in [3.05, 3.63) is 83.9 Å². The predicted molar refractivity (Wildman–Crippen MR) is 108 cm³/mol. The van der Waals surface area contributed by atoms with E-state index >= 15 is 0 Å². The summed E-state index contributed by atoms with van der Waals surface area (Å²) in [4.78, 5) is 23.7. The number of esters is 1. The van der Waals surface area contributed by atoms with Crippen molar-refractivity contribution in [3.8, 4) is 22.9 Å². The van der Waals surface area contributed by atoms with E-state index in [1.807, 2.05) is 24.3 Å². The molecular weight excluding hydrogens is 368 g/mol. The standard InChI is InChI=1S/C23H18N2O4/c1-28-23(27)19-3-2-4-20(13-19)25-22(26)15-29-21-11-9-18(10-12-21)17-7-5-16(14-24)6-8-17/h2-13H,15H2,1H3,(H,25,26). The summed E-state index contributed by atoms with van der Waals surface area (Å²) in [5.74, 6) is -0.260. The Kier molecular flexibility index (Phi) is 6.23. The van der Waals surface area contributed by atoms with Gasteiger partial charge in [-0.1, -0.05) is 30.3 Å². The van der Waals surface area contributed by atoms with Crippen molar-refractivity contribution < 1.29 is 19.1 Å². The summed E-state index contributed by atoms with van der Waals surface area (Å²) in [5.41, 5.74) is 3.41. The van der Waals surface area contributed by atoms with Crippen molar-refractivity contribution in [2.45, 2.75) is 0 Å². The van der Waals surface area contributed by atoms with Gasteiger partial charge in [0.2, 0.25) is 0 Å². The maximum atomic E-state index is 12.1. The molecule has 0 aliphatic carbocycles. The number of methoxy groups -OCH3 is 1. The maximum Gasteiger partial charge on any atom is 0.337 e. The van der Waals surface area contributed by atoms with Gasteiger partial charge < -0.3 is 14.8 Å². The van der Waals surface area contributed by atoms with Gasteiger partial charge in [-0.2, -0.15) is 5.26 Å². The highest BCUT2D eigenvalue weighted by Gasteiger charge is 2.08. The molecule has 0 saturated heterocycles. The molecule has 29 heavy (non-hydrogen) atoms. The fourth-order valence-electron chi connectivity index (χ4n) is 2.67. The van der Waals surface area contributed by atoms with Crippen LogP contribution in [0.1, 0.15) is 15.9 Å². The third kappa shape index (κ3) is 5.21. The lowest BCUT2D eigenvalue weighted by Crippen LogP contribution is -2.20. The number of rotatable bonds is 6. The van der Waals surface area contributed by atoms with E-state index in [1.54, 1.807) is 42.5 Å². The summed E-state index contributed by atoms with van der Waals surface area (Å²) in [6.07, 6.45) is 0. The Bertz CT molecular complexity index is 1050. The highest BCUT2D eigenvalue weighted by molar-refractivity contribution is 5.95. The molecule has 0 fully saturated rings. The van der Waals surface area contributed by atoms with Crippen molar-refractivity contribution in [1.82, 2.24) is 0 Å². The smallest absolute Gasteiger partial charge is 0.337 e. The Hall–Kier alpha value is -4.11. The summed E-state index contributed by atoms with van der Waals surface area (Å²) in [6.45, 7) is -0.168. The van der Waals surface area contributed by atoms with Crippen LogP contribution in [0.5, 0.6) is 5.75 Å². The molecule has 0 heterocycles. The number of nitrogens with zero attached hydrogens (tertiary/aromatic N) is 1. The van der Waals surface area contributed by atoms with Crippen LogP contribution in [0.4, 0.5) is 5.69 Å². The van der Waals surface area contributed by atoms with E-state index in [0.717, 1.165) is 11.1 Å². The van der Waals surface area contributed by atoms with Gasteiger partial charge in [0, 0.05) is 5.69 Å². The van der Waals surface area contributed by atoms with Gasteiger partial charge in [-0.05, 0) is 53.6 Å². The van der Waals surface area contributed by atoms with E-state index in [0.29, 0.717) is 22.6 Å². The number of ether oxygens (including phenoxy) is 2. The lowest BCUT2D eigenvalue weighted by molar-refractivity contribution is -0.118. The SMILES string of the molecule is COC(=O)c1cccc(NC(=O)COc2ccc(-c3ccc(C#N)cc3)cc2)c1. The highest BCUT2D eigenvalue weighted by Crippen LogP contribution is 2.23. The first-order valence-electron chi connectivity index (χ1n) is 8.80. The quantitative estimate of drug-likeness (QED) is 0.646. The van der Waals surface area contributed by atoms with Crippen molar-refractivity contribution in [2.75, 3.05) is 19.0 Å². The minimum atomic E-state index is -0.472. The van der Waals surface area contributed by atoms with Gasteiger partial charge in [0.25, 0.3) is 5.91 Å². The van der Waals surface area contributed by atoms with Crippen molar-refractivity contribution in [3.63, 3.8) is 0 Å². The molecule has 3 rings (SSSR count). The summed E-state index contributed by atoms with van der Waals surface area (Å²) < 4.78 is 10.2. The number of nitrogens with one attached hydrogen (secondary N) is 1. The van der Waals surface area contributed by atoms with Crippen molar-refractivity contribution in [1.29, 1.82) is 5.26 Å². The second kappa shape index (κ2) is 9.20. The summed E-state index contributed by atoms with van der Waals surface area (Å²) >= 11 is 0. The van der Waals surface area contributed by atoms with Gasteiger partial charge in [-0.15, -0.1) is 0 Å². The largest absolute Gasteiger partial charge is 0.484 e. The lowest BCUT2D eigenvalue weighted by atomic mass is 10.0. The second-order valence-corrected chi connectivity index (χ2v) is 6.12. The third-order valence-corrected chi connectivity index (χ3v) is 4.14. The Balaban J connectivity index is 1.56. The van der Waals surface area contributed by atoms with Crippen LogP contribution in [-0.2, 0) is 9.53 Å². The van der Waals surface area contributed by atoms with Crippen LogP contribution < -0.4 is 10.1 Å². The highest BCUT2D eigenvalue weighted by atomic mass is 16.5. The number of nitriles is 1. The molecule has 0 bridgehead atoms. The average molecular weight is 386 g/mol. The number of amides is 1. The van der Waals surface area contributed by atoms with Crippen LogP contribution in [0, 0.1) is 11.3 Å². The fourth-order valence-corrected chi connectivity index (χ4v) is 2.67. The van der Waals surface area contributed by atoms with Crippen molar-refractivity contribution in [2.24, 2.45) is 0 Å². The van der Waals surface area contributed by atoms with Crippen LogP contribution in [0.3, 0.4) is 0 Å². The molecule has 144 valence electrons. The van der Waals surface area contributed by atoms with Gasteiger partial charge in [-0.3, -0.25) is 4.79 Å². The maximum absolute atomic E-state index is 12.1.